The van der Waals surface area contributed by atoms with Crippen LogP contribution < -0.4 is 0 Å². The van der Waals surface area contributed by atoms with Crippen molar-refractivity contribution in [2.75, 3.05) is 0 Å². The molecule has 2 aromatic heterocycles. The first-order valence-corrected chi connectivity index (χ1v) is 5.74. The molecular formula is C11H14N4O. The highest BCUT2D eigenvalue weighted by atomic mass is 16.3. The van der Waals surface area contributed by atoms with Crippen LogP contribution >= 0.6 is 0 Å². The summed E-state index contributed by atoms with van der Waals surface area (Å²) in [5.41, 5.74) is 0. The largest absolute Gasteiger partial charge is 0.505 e. The average Bonchev–Trinajstić information content (AvgIpc) is 2.73. The van der Waals surface area contributed by atoms with E-state index in [0.717, 1.165) is 5.82 Å². The quantitative estimate of drug-likeness (QED) is 0.793. The van der Waals surface area contributed by atoms with Gasteiger partial charge in [-0.2, -0.15) is 4.98 Å². The minimum atomic E-state index is 0.118. The summed E-state index contributed by atoms with van der Waals surface area (Å²) in [7, 11) is 0. The van der Waals surface area contributed by atoms with Gasteiger partial charge in [-0.25, -0.2) is 9.50 Å². The molecule has 0 amide bonds. The van der Waals surface area contributed by atoms with E-state index in [2.05, 4.69) is 15.1 Å². The summed E-state index contributed by atoms with van der Waals surface area (Å²) in [5.74, 6) is 2.03. The molecule has 0 spiro atoms. The summed E-state index contributed by atoms with van der Waals surface area (Å²) in [6.45, 7) is 0. The average molecular weight is 218 g/mol. The fourth-order valence-electron chi connectivity index (χ4n) is 2.32. The lowest BCUT2D eigenvalue weighted by molar-refractivity contribution is 0.428. The van der Waals surface area contributed by atoms with Crippen molar-refractivity contribution >= 4 is 5.78 Å². The van der Waals surface area contributed by atoms with E-state index in [1.807, 2.05) is 0 Å². The number of hydrogen-bond donors (Lipinski definition) is 1. The zero-order valence-corrected chi connectivity index (χ0v) is 9.00. The highest BCUT2D eigenvalue weighted by Crippen LogP contribution is 2.30. The number of hydrogen-bond acceptors (Lipinski definition) is 4. The van der Waals surface area contributed by atoms with Gasteiger partial charge in [-0.1, -0.05) is 19.3 Å². The van der Waals surface area contributed by atoms with E-state index in [-0.39, 0.29) is 5.75 Å². The van der Waals surface area contributed by atoms with Crippen molar-refractivity contribution in [2.24, 2.45) is 0 Å². The van der Waals surface area contributed by atoms with Gasteiger partial charge in [0.25, 0.3) is 5.78 Å². The van der Waals surface area contributed by atoms with Gasteiger partial charge in [0, 0.05) is 5.92 Å². The van der Waals surface area contributed by atoms with Gasteiger partial charge in [0.05, 0.1) is 12.4 Å². The lowest BCUT2D eigenvalue weighted by atomic mass is 9.89. The standard InChI is InChI=1S/C11H14N4O/c16-9-6-12-11-13-10(14-15(11)7-9)8-4-2-1-3-5-8/h6-8,16H,1-5H2. The van der Waals surface area contributed by atoms with Gasteiger partial charge >= 0.3 is 0 Å². The lowest BCUT2D eigenvalue weighted by Gasteiger charge is -2.17. The second-order valence-electron chi connectivity index (χ2n) is 4.36. The fraction of sp³-hybridized carbons (Fsp3) is 0.545. The van der Waals surface area contributed by atoms with Crippen molar-refractivity contribution in [3.05, 3.63) is 18.2 Å². The normalized spacial score (nSPS) is 18.0. The number of aromatic nitrogens is 4. The first-order chi connectivity index (χ1) is 7.83. The van der Waals surface area contributed by atoms with Crippen LogP contribution in [0.5, 0.6) is 5.75 Å². The van der Waals surface area contributed by atoms with Crippen LogP contribution in [0.4, 0.5) is 0 Å². The molecule has 1 aliphatic rings. The van der Waals surface area contributed by atoms with Crippen LogP contribution in [0.1, 0.15) is 43.8 Å². The molecule has 1 N–H and O–H groups in total. The number of nitrogens with zero attached hydrogens (tertiary/aromatic N) is 4. The van der Waals surface area contributed by atoms with Gasteiger partial charge in [0.15, 0.2) is 11.6 Å². The van der Waals surface area contributed by atoms with E-state index in [9.17, 15) is 5.11 Å². The van der Waals surface area contributed by atoms with Crippen molar-refractivity contribution in [1.82, 2.24) is 19.6 Å². The van der Waals surface area contributed by atoms with Gasteiger partial charge in [0.2, 0.25) is 0 Å². The van der Waals surface area contributed by atoms with Crippen molar-refractivity contribution in [3.8, 4) is 5.75 Å². The molecule has 2 heterocycles. The van der Waals surface area contributed by atoms with Crippen molar-refractivity contribution in [1.29, 1.82) is 0 Å². The Kier molecular flexibility index (Phi) is 2.23. The molecule has 5 heteroatoms. The summed E-state index contributed by atoms with van der Waals surface area (Å²) < 4.78 is 1.55. The third-order valence-electron chi connectivity index (χ3n) is 3.17. The van der Waals surface area contributed by atoms with Crippen molar-refractivity contribution in [3.63, 3.8) is 0 Å². The zero-order valence-electron chi connectivity index (χ0n) is 9.00. The van der Waals surface area contributed by atoms with E-state index < -0.39 is 0 Å². The van der Waals surface area contributed by atoms with Crippen LogP contribution in [-0.2, 0) is 0 Å². The van der Waals surface area contributed by atoms with E-state index in [4.69, 9.17) is 0 Å². The Bertz CT molecular complexity index is 502. The maximum Gasteiger partial charge on any atom is 0.252 e. The van der Waals surface area contributed by atoms with Gasteiger partial charge in [0.1, 0.15) is 0 Å². The second-order valence-corrected chi connectivity index (χ2v) is 4.36. The van der Waals surface area contributed by atoms with E-state index in [0.29, 0.717) is 11.7 Å². The molecule has 0 unspecified atom stereocenters. The molecule has 5 nitrogen and oxygen atoms in total. The Hall–Kier alpha value is -1.65. The third-order valence-corrected chi connectivity index (χ3v) is 3.17. The van der Waals surface area contributed by atoms with Gasteiger partial charge in [-0.05, 0) is 12.8 Å². The van der Waals surface area contributed by atoms with Crippen LogP contribution in [0, 0.1) is 0 Å². The minimum Gasteiger partial charge on any atom is -0.505 e. The number of aromatic hydroxyl groups is 1. The molecule has 3 rings (SSSR count). The molecule has 0 aromatic carbocycles. The predicted octanol–water partition coefficient (Wildman–Crippen LogP) is 1.88. The van der Waals surface area contributed by atoms with Crippen LogP contribution in [0.3, 0.4) is 0 Å². The second kappa shape index (κ2) is 3.73. The SMILES string of the molecule is Oc1cnc2nc(C3CCCCC3)nn2c1. The molecule has 2 aromatic rings. The first-order valence-electron chi connectivity index (χ1n) is 5.74. The molecule has 1 fully saturated rings. The summed E-state index contributed by atoms with van der Waals surface area (Å²) in [6, 6.07) is 0. The summed E-state index contributed by atoms with van der Waals surface area (Å²) in [5, 5.41) is 13.7. The Morgan fingerprint density at radius 2 is 2.06 bits per heavy atom. The number of rotatable bonds is 1. The van der Waals surface area contributed by atoms with E-state index >= 15 is 0 Å². The predicted molar refractivity (Wildman–Crippen MR) is 58.3 cm³/mol. The maximum absolute atomic E-state index is 9.30. The summed E-state index contributed by atoms with van der Waals surface area (Å²) in [6.07, 6.45) is 9.13. The van der Waals surface area contributed by atoms with E-state index in [1.165, 1.54) is 38.3 Å². The highest BCUT2D eigenvalue weighted by Gasteiger charge is 2.20. The Morgan fingerprint density at radius 1 is 1.25 bits per heavy atom. The van der Waals surface area contributed by atoms with Gasteiger partial charge in [-0.3, -0.25) is 0 Å². The number of fused-ring (bicyclic) bond motifs is 1. The molecule has 0 aliphatic heterocycles. The highest BCUT2D eigenvalue weighted by molar-refractivity contribution is 5.30. The lowest BCUT2D eigenvalue weighted by Crippen LogP contribution is -2.06. The third kappa shape index (κ3) is 1.62. The molecule has 16 heavy (non-hydrogen) atoms. The van der Waals surface area contributed by atoms with Crippen LogP contribution in [0.25, 0.3) is 5.78 Å². The summed E-state index contributed by atoms with van der Waals surface area (Å²) >= 11 is 0. The van der Waals surface area contributed by atoms with E-state index in [1.54, 1.807) is 10.7 Å². The topological polar surface area (TPSA) is 63.3 Å². The van der Waals surface area contributed by atoms with Gasteiger partial charge in [-0.15, -0.1) is 5.10 Å². The monoisotopic (exact) mass is 218 g/mol. The smallest absolute Gasteiger partial charge is 0.252 e. The Balaban J connectivity index is 1.97. The first kappa shape index (κ1) is 9.57. The van der Waals surface area contributed by atoms with Crippen LogP contribution in [0.2, 0.25) is 0 Å². The summed E-state index contributed by atoms with van der Waals surface area (Å²) in [4.78, 5) is 8.44. The molecular weight excluding hydrogens is 204 g/mol. The van der Waals surface area contributed by atoms with Crippen LogP contribution in [-0.4, -0.2) is 24.7 Å². The van der Waals surface area contributed by atoms with Gasteiger partial charge < -0.3 is 5.11 Å². The Morgan fingerprint density at radius 3 is 2.88 bits per heavy atom. The van der Waals surface area contributed by atoms with Crippen molar-refractivity contribution in [2.45, 2.75) is 38.0 Å². The minimum absolute atomic E-state index is 0.118. The molecule has 0 atom stereocenters. The zero-order chi connectivity index (χ0) is 11.0. The fourth-order valence-corrected chi connectivity index (χ4v) is 2.32. The van der Waals surface area contributed by atoms with Crippen molar-refractivity contribution < 1.29 is 5.11 Å². The Labute approximate surface area is 93.2 Å². The maximum atomic E-state index is 9.30. The molecule has 1 aliphatic carbocycles. The molecule has 1 saturated carbocycles. The van der Waals surface area contributed by atoms with Crippen LogP contribution in [0.15, 0.2) is 12.4 Å². The molecule has 0 bridgehead atoms. The molecule has 0 saturated heterocycles. The molecule has 84 valence electrons. The molecule has 0 radical (unpaired) electrons.